The lowest BCUT2D eigenvalue weighted by atomic mass is 10.7. The Balaban J connectivity index is 0.000000810. The van der Waals surface area contributed by atoms with Crippen molar-refractivity contribution < 1.29 is 4.74 Å². The van der Waals surface area contributed by atoms with Crippen LogP contribution in [0.25, 0.3) is 0 Å². The molecule has 6 heteroatoms. The van der Waals surface area contributed by atoms with E-state index in [0.717, 1.165) is 11.7 Å². The second-order valence-electron chi connectivity index (χ2n) is 1.38. The SMILES string of the molecule is Cl.NCCOc1cnsn1. The minimum atomic E-state index is 0. The summed E-state index contributed by atoms with van der Waals surface area (Å²) in [6, 6.07) is 0. The average Bonchev–Trinajstić information content (AvgIpc) is 2.34. The summed E-state index contributed by atoms with van der Waals surface area (Å²) in [7, 11) is 0. The lowest BCUT2D eigenvalue weighted by Gasteiger charge is -1.95. The van der Waals surface area contributed by atoms with E-state index in [1.165, 1.54) is 0 Å². The molecule has 0 fully saturated rings. The fourth-order valence-corrected chi connectivity index (χ4v) is 0.748. The van der Waals surface area contributed by atoms with Crippen molar-refractivity contribution in [1.82, 2.24) is 8.75 Å². The molecule has 0 aliphatic heterocycles. The summed E-state index contributed by atoms with van der Waals surface area (Å²) in [5.41, 5.74) is 5.18. The largest absolute Gasteiger partial charge is 0.475 e. The third kappa shape index (κ3) is 2.95. The van der Waals surface area contributed by atoms with Crippen LogP contribution in [0.5, 0.6) is 5.88 Å². The van der Waals surface area contributed by atoms with Gasteiger partial charge in [0, 0.05) is 6.54 Å². The zero-order valence-corrected chi connectivity index (χ0v) is 6.82. The number of nitrogens with zero attached hydrogens (tertiary/aromatic N) is 2. The molecule has 0 radical (unpaired) electrons. The third-order valence-electron chi connectivity index (χ3n) is 0.709. The highest BCUT2D eigenvalue weighted by atomic mass is 35.5. The van der Waals surface area contributed by atoms with Crippen molar-refractivity contribution in [2.75, 3.05) is 13.2 Å². The van der Waals surface area contributed by atoms with Crippen molar-refractivity contribution in [2.45, 2.75) is 0 Å². The van der Waals surface area contributed by atoms with Gasteiger partial charge in [-0.1, -0.05) is 0 Å². The number of halogens is 1. The van der Waals surface area contributed by atoms with Crippen LogP contribution in [0.3, 0.4) is 0 Å². The zero-order chi connectivity index (χ0) is 6.53. The molecule has 1 aromatic rings. The van der Waals surface area contributed by atoms with Gasteiger partial charge in [0.1, 0.15) is 12.8 Å². The number of hydrogen-bond donors (Lipinski definition) is 1. The highest BCUT2D eigenvalue weighted by Gasteiger charge is 1.92. The molecule has 0 aliphatic carbocycles. The van der Waals surface area contributed by atoms with Crippen LogP contribution in [-0.2, 0) is 0 Å². The topological polar surface area (TPSA) is 61.0 Å². The lowest BCUT2D eigenvalue weighted by Crippen LogP contribution is -2.10. The molecule has 0 saturated heterocycles. The highest BCUT2D eigenvalue weighted by Crippen LogP contribution is 2.03. The van der Waals surface area contributed by atoms with E-state index in [0.29, 0.717) is 19.0 Å². The molecule has 0 bridgehead atoms. The first-order valence-electron chi connectivity index (χ1n) is 2.54. The molecular formula is C4H8ClN3OS. The summed E-state index contributed by atoms with van der Waals surface area (Å²) < 4.78 is 12.6. The van der Waals surface area contributed by atoms with Crippen LogP contribution in [-0.4, -0.2) is 21.9 Å². The number of ether oxygens (including phenoxy) is 1. The summed E-state index contributed by atoms with van der Waals surface area (Å²) in [4.78, 5) is 0. The molecule has 1 heterocycles. The van der Waals surface area contributed by atoms with Gasteiger partial charge in [-0.25, -0.2) is 0 Å². The second kappa shape index (κ2) is 5.40. The maximum absolute atomic E-state index is 5.18. The molecule has 1 rings (SSSR count). The van der Waals surface area contributed by atoms with E-state index >= 15 is 0 Å². The van der Waals surface area contributed by atoms with E-state index in [1.807, 2.05) is 0 Å². The summed E-state index contributed by atoms with van der Waals surface area (Å²) in [5.74, 6) is 0.561. The van der Waals surface area contributed by atoms with Gasteiger partial charge in [0.05, 0.1) is 11.7 Å². The smallest absolute Gasteiger partial charge is 0.245 e. The van der Waals surface area contributed by atoms with Crippen molar-refractivity contribution >= 4 is 24.1 Å². The van der Waals surface area contributed by atoms with Crippen LogP contribution in [0.2, 0.25) is 0 Å². The zero-order valence-electron chi connectivity index (χ0n) is 5.19. The molecule has 10 heavy (non-hydrogen) atoms. The number of nitrogens with two attached hydrogens (primary N) is 1. The monoisotopic (exact) mass is 181 g/mol. The standard InChI is InChI=1S/C4H7N3OS.ClH/c5-1-2-8-4-3-6-9-7-4;/h3H,1-2,5H2;1H. The molecule has 58 valence electrons. The van der Waals surface area contributed by atoms with E-state index in [4.69, 9.17) is 10.5 Å². The molecule has 0 amide bonds. The van der Waals surface area contributed by atoms with Gasteiger partial charge in [-0.15, -0.1) is 16.8 Å². The van der Waals surface area contributed by atoms with Crippen molar-refractivity contribution in [3.63, 3.8) is 0 Å². The van der Waals surface area contributed by atoms with Gasteiger partial charge in [0.2, 0.25) is 5.88 Å². The Labute approximate surface area is 69.1 Å². The van der Waals surface area contributed by atoms with E-state index < -0.39 is 0 Å². The van der Waals surface area contributed by atoms with Gasteiger partial charge in [-0.3, -0.25) is 0 Å². The summed E-state index contributed by atoms with van der Waals surface area (Å²) in [5, 5.41) is 0. The first kappa shape index (κ1) is 9.61. The third-order valence-corrected chi connectivity index (χ3v) is 1.17. The van der Waals surface area contributed by atoms with E-state index in [1.54, 1.807) is 6.20 Å². The Bertz CT molecular complexity index is 158. The summed E-state index contributed by atoms with van der Waals surface area (Å²) >= 11 is 1.12. The van der Waals surface area contributed by atoms with Crippen LogP contribution in [0.15, 0.2) is 6.20 Å². The predicted octanol–water partition coefficient (Wildman–Crippen LogP) is 0.297. The van der Waals surface area contributed by atoms with Crippen LogP contribution < -0.4 is 10.5 Å². The molecule has 1 aromatic heterocycles. The first-order valence-corrected chi connectivity index (χ1v) is 3.27. The molecule has 0 saturated carbocycles. The van der Waals surface area contributed by atoms with E-state index in [9.17, 15) is 0 Å². The number of aromatic nitrogens is 2. The van der Waals surface area contributed by atoms with Crippen LogP contribution >= 0.6 is 24.1 Å². The summed E-state index contributed by atoms with van der Waals surface area (Å²) in [6.07, 6.45) is 1.57. The van der Waals surface area contributed by atoms with Gasteiger partial charge in [0.25, 0.3) is 0 Å². The molecule has 0 spiro atoms. The Morgan fingerprint density at radius 1 is 1.70 bits per heavy atom. The molecule has 0 aliphatic rings. The number of rotatable bonds is 3. The van der Waals surface area contributed by atoms with Crippen LogP contribution in [0, 0.1) is 0 Å². The van der Waals surface area contributed by atoms with Crippen LogP contribution in [0.1, 0.15) is 0 Å². The molecular weight excluding hydrogens is 174 g/mol. The fraction of sp³-hybridized carbons (Fsp3) is 0.500. The molecule has 2 N–H and O–H groups in total. The normalized spacial score (nSPS) is 8.50. The second-order valence-corrected chi connectivity index (χ2v) is 1.94. The van der Waals surface area contributed by atoms with Crippen molar-refractivity contribution in [2.24, 2.45) is 5.73 Å². The lowest BCUT2D eigenvalue weighted by molar-refractivity contribution is 0.318. The first-order chi connectivity index (χ1) is 4.43. The van der Waals surface area contributed by atoms with E-state index in [-0.39, 0.29) is 12.4 Å². The maximum atomic E-state index is 5.18. The quantitative estimate of drug-likeness (QED) is 0.729. The molecule has 0 aromatic carbocycles. The van der Waals surface area contributed by atoms with Crippen LogP contribution in [0.4, 0.5) is 0 Å². The van der Waals surface area contributed by atoms with E-state index in [2.05, 4.69) is 8.75 Å². The Kier molecular flexibility index (Phi) is 5.19. The minimum Gasteiger partial charge on any atom is -0.475 e. The van der Waals surface area contributed by atoms with Gasteiger partial charge in [-0.2, -0.15) is 4.37 Å². The van der Waals surface area contributed by atoms with Crippen molar-refractivity contribution in [3.05, 3.63) is 6.20 Å². The Morgan fingerprint density at radius 3 is 3.00 bits per heavy atom. The number of hydrogen-bond acceptors (Lipinski definition) is 5. The van der Waals surface area contributed by atoms with Crippen molar-refractivity contribution in [3.8, 4) is 5.88 Å². The average molecular weight is 182 g/mol. The van der Waals surface area contributed by atoms with Crippen molar-refractivity contribution in [1.29, 1.82) is 0 Å². The molecule has 4 nitrogen and oxygen atoms in total. The molecule has 0 atom stereocenters. The van der Waals surface area contributed by atoms with Gasteiger partial charge in [-0.05, 0) is 0 Å². The van der Waals surface area contributed by atoms with Gasteiger partial charge < -0.3 is 10.5 Å². The van der Waals surface area contributed by atoms with Gasteiger partial charge >= 0.3 is 0 Å². The Hall–Kier alpha value is -0.390. The maximum Gasteiger partial charge on any atom is 0.245 e. The molecule has 0 unspecified atom stereocenters. The Morgan fingerprint density at radius 2 is 2.50 bits per heavy atom. The summed E-state index contributed by atoms with van der Waals surface area (Å²) in [6.45, 7) is 1.02. The highest BCUT2D eigenvalue weighted by molar-refractivity contribution is 6.99. The minimum absolute atomic E-state index is 0. The fourth-order valence-electron chi connectivity index (χ4n) is 0.383. The predicted molar refractivity (Wildman–Crippen MR) is 41.7 cm³/mol. The van der Waals surface area contributed by atoms with Gasteiger partial charge in [0.15, 0.2) is 0 Å².